The Labute approximate surface area is 153 Å². The summed E-state index contributed by atoms with van der Waals surface area (Å²) >= 11 is 0. The smallest absolute Gasteiger partial charge is 0.237 e. The number of aromatic nitrogens is 1. The molecular formula is C19H23N5O2. The third kappa shape index (κ3) is 4.83. The summed E-state index contributed by atoms with van der Waals surface area (Å²) in [6, 6.07) is 11.7. The van der Waals surface area contributed by atoms with Gasteiger partial charge in [-0.2, -0.15) is 5.26 Å². The minimum Gasteiger partial charge on any atom is -0.467 e. The molecule has 7 nitrogen and oxygen atoms in total. The number of hydrogen-bond acceptors (Lipinski definition) is 6. The van der Waals surface area contributed by atoms with Crippen LogP contribution < -0.4 is 4.90 Å². The molecule has 1 aliphatic heterocycles. The fourth-order valence-electron chi connectivity index (χ4n) is 3.03. The molecular weight excluding hydrogens is 330 g/mol. The zero-order valence-electron chi connectivity index (χ0n) is 14.8. The van der Waals surface area contributed by atoms with Gasteiger partial charge in [-0.15, -0.1) is 0 Å². The number of rotatable bonds is 7. The number of pyridine rings is 1. The highest BCUT2D eigenvalue weighted by atomic mass is 16.3. The zero-order chi connectivity index (χ0) is 18.2. The number of nitrogens with zero attached hydrogens (tertiary/aromatic N) is 5. The van der Waals surface area contributed by atoms with Gasteiger partial charge in [0.05, 0.1) is 31.8 Å². The van der Waals surface area contributed by atoms with Crippen LogP contribution in [0.1, 0.15) is 12.2 Å². The molecule has 0 unspecified atom stereocenters. The lowest BCUT2D eigenvalue weighted by molar-refractivity contribution is -0.133. The number of hydrogen-bond donors (Lipinski definition) is 0. The summed E-state index contributed by atoms with van der Waals surface area (Å²) in [6.07, 6.45) is 3.71. The third-order valence-corrected chi connectivity index (χ3v) is 4.48. The fourth-order valence-corrected chi connectivity index (χ4v) is 3.03. The van der Waals surface area contributed by atoms with E-state index in [1.807, 2.05) is 24.3 Å². The van der Waals surface area contributed by atoms with E-state index in [1.54, 1.807) is 23.4 Å². The Morgan fingerprint density at radius 1 is 1.23 bits per heavy atom. The van der Waals surface area contributed by atoms with Crippen LogP contribution in [-0.2, 0) is 11.3 Å². The van der Waals surface area contributed by atoms with Crippen molar-refractivity contribution in [3.8, 4) is 6.07 Å². The van der Waals surface area contributed by atoms with Crippen molar-refractivity contribution >= 4 is 11.7 Å². The maximum Gasteiger partial charge on any atom is 0.237 e. The van der Waals surface area contributed by atoms with Gasteiger partial charge in [-0.25, -0.2) is 4.98 Å². The van der Waals surface area contributed by atoms with E-state index in [-0.39, 0.29) is 5.91 Å². The van der Waals surface area contributed by atoms with Gasteiger partial charge in [0.1, 0.15) is 11.6 Å². The molecule has 26 heavy (non-hydrogen) atoms. The molecule has 0 saturated carbocycles. The van der Waals surface area contributed by atoms with Crippen LogP contribution in [0.5, 0.6) is 0 Å². The number of carbonyl (C=O) groups is 1. The minimum atomic E-state index is 0.0305. The molecule has 0 N–H and O–H groups in total. The van der Waals surface area contributed by atoms with Crippen molar-refractivity contribution in [2.24, 2.45) is 0 Å². The molecule has 2 aromatic heterocycles. The maximum atomic E-state index is 12.7. The second-order valence-electron chi connectivity index (χ2n) is 6.25. The maximum absolute atomic E-state index is 12.7. The van der Waals surface area contributed by atoms with Crippen LogP contribution in [0.3, 0.4) is 0 Å². The van der Waals surface area contributed by atoms with Crippen LogP contribution in [0, 0.1) is 11.3 Å². The molecule has 136 valence electrons. The van der Waals surface area contributed by atoms with Gasteiger partial charge in [0.25, 0.3) is 0 Å². The van der Waals surface area contributed by atoms with Gasteiger partial charge in [0.2, 0.25) is 5.91 Å². The molecule has 0 atom stereocenters. The van der Waals surface area contributed by atoms with E-state index in [9.17, 15) is 4.79 Å². The highest BCUT2D eigenvalue weighted by Crippen LogP contribution is 2.13. The van der Waals surface area contributed by atoms with Gasteiger partial charge < -0.3 is 14.2 Å². The first-order chi connectivity index (χ1) is 12.8. The summed E-state index contributed by atoms with van der Waals surface area (Å²) in [5.41, 5.74) is 0. The molecule has 1 amide bonds. The lowest BCUT2D eigenvalue weighted by Crippen LogP contribution is -2.50. The second-order valence-corrected chi connectivity index (χ2v) is 6.25. The Hall–Kier alpha value is -2.85. The fraction of sp³-hybridized carbons (Fsp3) is 0.421. The highest BCUT2D eigenvalue weighted by Gasteiger charge is 2.22. The lowest BCUT2D eigenvalue weighted by atomic mass is 10.2. The third-order valence-electron chi connectivity index (χ3n) is 4.48. The van der Waals surface area contributed by atoms with E-state index in [0.29, 0.717) is 26.1 Å². The quantitative estimate of drug-likeness (QED) is 0.755. The van der Waals surface area contributed by atoms with Crippen LogP contribution in [0.25, 0.3) is 0 Å². The monoisotopic (exact) mass is 353 g/mol. The zero-order valence-corrected chi connectivity index (χ0v) is 14.8. The average Bonchev–Trinajstić information content (AvgIpc) is 3.19. The topological polar surface area (TPSA) is 76.6 Å². The van der Waals surface area contributed by atoms with Crippen molar-refractivity contribution < 1.29 is 9.21 Å². The minimum absolute atomic E-state index is 0.0305. The van der Waals surface area contributed by atoms with Crippen LogP contribution in [0.15, 0.2) is 47.2 Å². The molecule has 0 spiro atoms. The molecule has 1 fully saturated rings. The number of piperazine rings is 1. The highest BCUT2D eigenvalue weighted by molar-refractivity contribution is 5.78. The van der Waals surface area contributed by atoms with Gasteiger partial charge >= 0.3 is 0 Å². The van der Waals surface area contributed by atoms with Gasteiger partial charge in [0, 0.05) is 38.9 Å². The van der Waals surface area contributed by atoms with E-state index >= 15 is 0 Å². The molecule has 1 saturated heterocycles. The first-order valence-electron chi connectivity index (χ1n) is 8.81. The van der Waals surface area contributed by atoms with Crippen molar-refractivity contribution in [2.75, 3.05) is 44.2 Å². The molecule has 1 aliphatic rings. The Balaban J connectivity index is 1.52. The summed E-state index contributed by atoms with van der Waals surface area (Å²) in [5.74, 6) is 1.74. The predicted octanol–water partition coefficient (Wildman–Crippen LogP) is 1.74. The SMILES string of the molecule is N#CCCN(Cc1ccco1)C(=O)CN1CCN(c2ccccn2)CC1. The van der Waals surface area contributed by atoms with Crippen LogP contribution in [0.4, 0.5) is 5.82 Å². The molecule has 3 rings (SSSR count). The van der Waals surface area contributed by atoms with Gasteiger partial charge in [0.15, 0.2) is 0 Å². The number of amides is 1. The van der Waals surface area contributed by atoms with Crippen molar-refractivity contribution in [2.45, 2.75) is 13.0 Å². The summed E-state index contributed by atoms with van der Waals surface area (Å²) in [4.78, 5) is 23.2. The number of carbonyl (C=O) groups excluding carboxylic acids is 1. The first-order valence-corrected chi connectivity index (χ1v) is 8.81. The Morgan fingerprint density at radius 2 is 2.08 bits per heavy atom. The van der Waals surface area contributed by atoms with Gasteiger partial charge in [-0.05, 0) is 24.3 Å². The van der Waals surface area contributed by atoms with Crippen LogP contribution in [0.2, 0.25) is 0 Å². The standard InChI is InChI=1S/C19H23N5O2/c20-7-4-9-24(15-17-5-3-14-26-17)19(25)16-22-10-12-23(13-11-22)18-6-1-2-8-21-18/h1-3,5-6,8,14H,4,9-13,15-16H2. The van der Waals surface area contributed by atoms with Crippen molar-refractivity contribution in [3.63, 3.8) is 0 Å². The normalized spacial score (nSPS) is 14.8. The van der Waals surface area contributed by atoms with Crippen LogP contribution in [-0.4, -0.2) is 60.0 Å². The molecule has 3 heterocycles. The Bertz CT molecular complexity index is 718. The lowest BCUT2D eigenvalue weighted by Gasteiger charge is -2.35. The van der Waals surface area contributed by atoms with E-state index in [4.69, 9.17) is 9.68 Å². The van der Waals surface area contributed by atoms with Crippen molar-refractivity contribution in [1.29, 1.82) is 5.26 Å². The predicted molar refractivity (Wildman–Crippen MR) is 97.2 cm³/mol. The summed E-state index contributed by atoms with van der Waals surface area (Å²) in [7, 11) is 0. The van der Waals surface area contributed by atoms with Crippen molar-refractivity contribution in [3.05, 3.63) is 48.6 Å². The molecule has 0 aromatic carbocycles. The summed E-state index contributed by atoms with van der Waals surface area (Å²) < 4.78 is 5.34. The van der Waals surface area contributed by atoms with E-state index in [0.717, 1.165) is 37.8 Å². The first kappa shape index (κ1) is 18.0. The molecule has 2 aromatic rings. The summed E-state index contributed by atoms with van der Waals surface area (Å²) in [5, 5.41) is 8.85. The van der Waals surface area contributed by atoms with Gasteiger partial charge in [-0.3, -0.25) is 9.69 Å². The number of nitriles is 1. The molecule has 0 radical (unpaired) electrons. The molecule has 7 heteroatoms. The second kappa shape index (κ2) is 9.02. The molecule has 0 aliphatic carbocycles. The number of furan rings is 1. The summed E-state index contributed by atoms with van der Waals surface area (Å²) in [6.45, 7) is 4.51. The molecule has 0 bridgehead atoms. The van der Waals surface area contributed by atoms with E-state index in [2.05, 4.69) is 20.9 Å². The van der Waals surface area contributed by atoms with E-state index < -0.39 is 0 Å². The van der Waals surface area contributed by atoms with E-state index in [1.165, 1.54) is 0 Å². The van der Waals surface area contributed by atoms with Crippen LogP contribution >= 0.6 is 0 Å². The number of anilines is 1. The average molecular weight is 353 g/mol. The van der Waals surface area contributed by atoms with Gasteiger partial charge in [-0.1, -0.05) is 6.07 Å². The Morgan fingerprint density at radius 3 is 2.73 bits per heavy atom. The Kier molecular flexibility index (Phi) is 6.23. The van der Waals surface area contributed by atoms with Crippen molar-refractivity contribution in [1.82, 2.24) is 14.8 Å². The largest absolute Gasteiger partial charge is 0.467 e.